The molecule has 1 heterocycles. The van der Waals surface area contributed by atoms with Crippen LogP contribution in [0.4, 0.5) is 30.6 Å². The second kappa shape index (κ2) is 5.44. The second-order valence-corrected chi connectivity index (χ2v) is 4.83. The van der Waals surface area contributed by atoms with Crippen molar-refractivity contribution >= 4 is 29.0 Å². The molecule has 1 aliphatic rings. The minimum Gasteiger partial charge on any atom is -0.325 e. The number of urea groups is 1. The van der Waals surface area contributed by atoms with E-state index in [-0.39, 0.29) is 11.6 Å². The maximum Gasteiger partial charge on any atom is 0.323 e. The van der Waals surface area contributed by atoms with Crippen LogP contribution in [0.25, 0.3) is 0 Å². The number of hydrogen-bond donors (Lipinski definition) is 3. The SMILES string of the molecule is O=C1Cc2ccc(NC(=O)Nc3cc(F)cc(F)c3)cc2N1. The Hall–Kier alpha value is -2.96. The predicted molar refractivity (Wildman–Crippen MR) is 77.8 cm³/mol. The molecule has 5 nitrogen and oxygen atoms in total. The highest BCUT2D eigenvalue weighted by molar-refractivity contribution is 6.02. The van der Waals surface area contributed by atoms with Gasteiger partial charge in [-0.05, 0) is 29.8 Å². The van der Waals surface area contributed by atoms with Gasteiger partial charge < -0.3 is 16.0 Å². The molecule has 2 aromatic carbocycles. The quantitative estimate of drug-likeness (QED) is 0.798. The summed E-state index contributed by atoms with van der Waals surface area (Å²) in [5.74, 6) is -1.67. The molecular weight excluding hydrogens is 292 g/mol. The summed E-state index contributed by atoms with van der Waals surface area (Å²) in [5, 5.41) is 7.52. The van der Waals surface area contributed by atoms with Crippen LogP contribution in [-0.2, 0) is 11.2 Å². The summed E-state index contributed by atoms with van der Waals surface area (Å²) in [7, 11) is 0. The zero-order valence-electron chi connectivity index (χ0n) is 11.2. The van der Waals surface area contributed by atoms with E-state index >= 15 is 0 Å². The first kappa shape index (κ1) is 14.0. The Labute approximate surface area is 124 Å². The molecule has 0 saturated carbocycles. The largest absolute Gasteiger partial charge is 0.325 e. The number of carbonyl (C=O) groups is 2. The Morgan fingerprint density at radius 2 is 1.68 bits per heavy atom. The minimum absolute atomic E-state index is 0.00413. The summed E-state index contributed by atoms with van der Waals surface area (Å²) >= 11 is 0. The average Bonchev–Trinajstić information content (AvgIpc) is 2.76. The van der Waals surface area contributed by atoms with E-state index in [1.165, 1.54) is 0 Å². The van der Waals surface area contributed by atoms with Gasteiger partial charge in [-0.25, -0.2) is 13.6 Å². The van der Waals surface area contributed by atoms with Gasteiger partial charge in [0.05, 0.1) is 6.42 Å². The number of fused-ring (bicyclic) bond motifs is 1. The molecule has 1 aliphatic heterocycles. The molecule has 3 rings (SSSR count). The van der Waals surface area contributed by atoms with Gasteiger partial charge >= 0.3 is 6.03 Å². The van der Waals surface area contributed by atoms with Crippen molar-refractivity contribution in [2.45, 2.75) is 6.42 Å². The van der Waals surface area contributed by atoms with Gasteiger partial charge in [-0.1, -0.05) is 6.07 Å². The first-order valence-corrected chi connectivity index (χ1v) is 6.46. The van der Waals surface area contributed by atoms with Crippen LogP contribution in [0.3, 0.4) is 0 Å². The van der Waals surface area contributed by atoms with Crippen molar-refractivity contribution in [3.63, 3.8) is 0 Å². The van der Waals surface area contributed by atoms with Crippen LogP contribution in [-0.4, -0.2) is 11.9 Å². The summed E-state index contributed by atoms with van der Waals surface area (Å²) < 4.78 is 26.1. The Morgan fingerprint density at radius 1 is 1.00 bits per heavy atom. The summed E-state index contributed by atoms with van der Waals surface area (Å²) in [6.07, 6.45) is 0.310. The lowest BCUT2D eigenvalue weighted by Crippen LogP contribution is -2.19. The monoisotopic (exact) mass is 303 g/mol. The summed E-state index contributed by atoms with van der Waals surface area (Å²) in [6.45, 7) is 0. The number of amides is 3. The van der Waals surface area contributed by atoms with Gasteiger partial charge in [-0.3, -0.25) is 4.79 Å². The Kier molecular flexibility index (Phi) is 3.46. The van der Waals surface area contributed by atoms with Crippen molar-refractivity contribution < 1.29 is 18.4 Å². The molecule has 112 valence electrons. The molecular formula is C15H11F2N3O2. The molecule has 0 saturated heterocycles. The van der Waals surface area contributed by atoms with Crippen LogP contribution in [0.1, 0.15) is 5.56 Å². The third-order valence-corrected chi connectivity index (χ3v) is 3.11. The van der Waals surface area contributed by atoms with Crippen LogP contribution in [0.5, 0.6) is 0 Å². The van der Waals surface area contributed by atoms with E-state index < -0.39 is 17.7 Å². The molecule has 3 N–H and O–H groups in total. The van der Waals surface area contributed by atoms with Crippen LogP contribution in [0.2, 0.25) is 0 Å². The lowest BCUT2D eigenvalue weighted by atomic mass is 10.1. The minimum atomic E-state index is -0.782. The van der Waals surface area contributed by atoms with Gasteiger partial charge in [-0.2, -0.15) is 0 Å². The summed E-state index contributed by atoms with van der Waals surface area (Å²) in [4.78, 5) is 23.1. The highest BCUT2D eigenvalue weighted by atomic mass is 19.1. The molecule has 0 aromatic heterocycles. The van der Waals surface area contributed by atoms with Crippen LogP contribution in [0.15, 0.2) is 36.4 Å². The number of halogens is 2. The van der Waals surface area contributed by atoms with E-state index in [4.69, 9.17) is 0 Å². The molecule has 7 heteroatoms. The Morgan fingerprint density at radius 3 is 2.41 bits per heavy atom. The van der Waals surface area contributed by atoms with Crippen molar-refractivity contribution in [2.24, 2.45) is 0 Å². The summed E-state index contributed by atoms with van der Waals surface area (Å²) in [5.41, 5.74) is 1.95. The van der Waals surface area contributed by atoms with Crippen molar-refractivity contribution in [3.8, 4) is 0 Å². The molecule has 0 bridgehead atoms. The predicted octanol–water partition coefficient (Wildman–Crippen LogP) is 3.10. The first-order valence-electron chi connectivity index (χ1n) is 6.46. The highest BCUT2D eigenvalue weighted by Gasteiger charge is 2.17. The Bertz CT molecular complexity index is 757. The Balaban J connectivity index is 1.69. The van der Waals surface area contributed by atoms with E-state index in [1.54, 1.807) is 18.2 Å². The van der Waals surface area contributed by atoms with E-state index in [0.717, 1.165) is 17.7 Å². The van der Waals surface area contributed by atoms with Gasteiger partial charge in [0.1, 0.15) is 11.6 Å². The molecule has 0 aliphatic carbocycles. The van der Waals surface area contributed by atoms with Crippen molar-refractivity contribution in [3.05, 3.63) is 53.6 Å². The van der Waals surface area contributed by atoms with Gasteiger partial charge in [0, 0.05) is 23.1 Å². The number of carbonyl (C=O) groups excluding carboxylic acids is 2. The van der Waals surface area contributed by atoms with Gasteiger partial charge in [-0.15, -0.1) is 0 Å². The molecule has 0 radical (unpaired) electrons. The van der Waals surface area contributed by atoms with E-state index in [1.807, 2.05) is 0 Å². The first-order chi connectivity index (χ1) is 10.5. The number of anilines is 3. The number of benzene rings is 2. The average molecular weight is 303 g/mol. The second-order valence-electron chi connectivity index (χ2n) is 4.83. The lowest BCUT2D eigenvalue weighted by Gasteiger charge is -2.09. The molecule has 0 fully saturated rings. The van der Waals surface area contributed by atoms with Crippen molar-refractivity contribution in [2.75, 3.05) is 16.0 Å². The van der Waals surface area contributed by atoms with Crippen LogP contribution >= 0.6 is 0 Å². The van der Waals surface area contributed by atoms with Gasteiger partial charge in [0.2, 0.25) is 5.91 Å². The maximum atomic E-state index is 13.0. The fourth-order valence-corrected chi connectivity index (χ4v) is 2.21. The number of hydrogen-bond acceptors (Lipinski definition) is 2. The molecule has 0 atom stereocenters. The van der Waals surface area contributed by atoms with Gasteiger partial charge in [0.15, 0.2) is 0 Å². The third kappa shape index (κ3) is 3.03. The summed E-state index contributed by atoms with van der Waals surface area (Å²) in [6, 6.07) is 7.07. The molecule has 0 spiro atoms. The number of rotatable bonds is 2. The van der Waals surface area contributed by atoms with Crippen molar-refractivity contribution in [1.82, 2.24) is 0 Å². The van der Waals surface area contributed by atoms with Crippen LogP contribution < -0.4 is 16.0 Å². The number of nitrogens with one attached hydrogen (secondary N) is 3. The smallest absolute Gasteiger partial charge is 0.323 e. The van der Waals surface area contributed by atoms with E-state index in [0.29, 0.717) is 23.9 Å². The maximum absolute atomic E-state index is 13.0. The fraction of sp³-hybridized carbons (Fsp3) is 0.0667. The highest BCUT2D eigenvalue weighted by Crippen LogP contribution is 2.26. The molecule has 0 unspecified atom stereocenters. The zero-order chi connectivity index (χ0) is 15.7. The third-order valence-electron chi connectivity index (χ3n) is 3.11. The van der Waals surface area contributed by atoms with Crippen LogP contribution in [0, 0.1) is 11.6 Å². The topological polar surface area (TPSA) is 70.2 Å². The fourth-order valence-electron chi connectivity index (χ4n) is 2.21. The van der Waals surface area contributed by atoms with Gasteiger partial charge in [0.25, 0.3) is 0 Å². The van der Waals surface area contributed by atoms with E-state index in [9.17, 15) is 18.4 Å². The molecule has 3 amide bonds. The lowest BCUT2D eigenvalue weighted by molar-refractivity contribution is -0.115. The zero-order valence-corrected chi connectivity index (χ0v) is 11.2. The molecule has 22 heavy (non-hydrogen) atoms. The molecule has 2 aromatic rings. The van der Waals surface area contributed by atoms with Crippen molar-refractivity contribution in [1.29, 1.82) is 0 Å². The van der Waals surface area contributed by atoms with E-state index in [2.05, 4.69) is 16.0 Å². The standard InChI is InChI=1S/C15H11F2N3O2/c16-9-4-10(17)6-12(5-9)19-15(22)18-11-2-1-8-3-14(21)20-13(8)7-11/h1-2,4-7H,3H2,(H,20,21)(H2,18,19,22). The normalized spacial score (nSPS) is 12.5.